The molecule has 236 valence electrons. The van der Waals surface area contributed by atoms with Crippen LogP contribution in [0.1, 0.15) is 18.4 Å². The van der Waals surface area contributed by atoms with E-state index in [0.717, 1.165) is 37.0 Å². The van der Waals surface area contributed by atoms with Crippen molar-refractivity contribution in [3.05, 3.63) is 102 Å². The summed E-state index contributed by atoms with van der Waals surface area (Å²) in [4.78, 5) is 21.7. The molecule has 3 aromatic carbocycles. The second-order valence-corrected chi connectivity index (χ2v) is 12.4. The Morgan fingerprint density at radius 3 is 2.40 bits per heavy atom. The number of benzene rings is 3. The van der Waals surface area contributed by atoms with Gasteiger partial charge in [-0.1, -0.05) is 24.3 Å². The van der Waals surface area contributed by atoms with E-state index < -0.39 is 27.7 Å². The number of piperidine rings is 1. The predicted octanol–water partition coefficient (Wildman–Crippen LogP) is 6.24. The van der Waals surface area contributed by atoms with Gasteiger partial charge in [-0.3, -0.25) is 14.5 Å². The van der Waals surface area contributed by atoms with Gasteiger partial charge in [0.1, 0.15) is 11.6 Å². The molecule has 13 heteroatoms. The fourth-order valence-corrected chi connectivity index (χ4v) is 5.70. The highest BCUT2D eigenvalue weighted by Crippen LogP contribution is 2.34. The third kappa shape index (κ3) is 8.46. The van der Waals surface area contributed by atoms with E-state index in [2.05, 4.69) is 19.9 Å². The molecular weight excluding hydrogens is 604 g/mol. The van der Waals surface area contributed by atoms with Crippen LogP contribution >= 0.6 is 0 Å². The van der Waals surface area contributed by atoms with Crippen LogP contribution in [0, 0.1) is 11.6 Å². The molecule has 1 aliphatic heterocycles. The normalized spacial score (nSPS) is 14.0. The van der Waals surface area contributed by atoms with Gasteiger partial charge in [-0.25, -0.2) is 27.0 Å². The number of sulfonamides is 1. The Labute approximate surface area is 260 Å². The number of aromatic nitrogens is 1. The van der Waals surface area contributed by atoms with E-state index in [4.69, 9.17) is 9.47 Å². The molecule has 10 nitrogen and oxygen atoms in total. The van der Waals surface area contributed by atoms with Crippen LogP contribution in [-0.4, -0.2) is 56.8 Å². The monoisotopic (exact) mass is 637 g/mol. The maximum absolute atomic E-state index is 14.3. The summed E-state index contributed by atoms with van der Waals surface area (Å²) in [5.41, 5.74) is 1.93. The van der Waals surface area contributed by atoms with Crippen molar-refractivity contribution in [2.75, 3.05) is 41.4 Å². The SMILES string of the molecule is COc1cc(NS(C)(=O)=O)ccc1Oc1ccc(CN2CCC(N(C(=O)Nc3ccc(F)cc3F)c3ccccc3)CC2)cn1. The Morgan fingerprint density at radius 2 is 1.76 bits per heavy atom. The zero-order chi connectivity index (χ0) is 32.0. The summed E-state index contributed by atoms with van der Waals surface area (Å²) in [6.07, 6.45) is 4.17. The minimum Gasteiger partial charge on any atom is -0.493 e. The Balaban J connectivity index is 1.19. The molecule has 2 N–H and O–H groups in total. The van der Waals surface area contributed by atoms with Crippen molar-refractivity contribution in [2.45, 2.75) is 25.4 Å². The van der Waals surface area contributed by atoms with E-state index in [1.54, 1.807) is 29.3 Å². The quantitative estimate of drug-likeness (QED) is 0.212. The first kappa shape index (κ1) is 31.7. The van der Waals surface area contributed by atoms with Crippen LogP contribution < -0.4 is 24.4 Å². The van der Waals surface area contributed by atoms with E-state index in [1.807, 2.05) is 36.4 Å². The summed E-state index contributed by atoms with van der Waals surface area (Å²) in [6, 6.07) is 20.0. The van der Waals surface area contributed by atoms with Gasteiger partial charge < -0.3 is 14.8 Å². The van der Waals surface area contributed by atoms with Crippen molar-refractivity contribution in [1.82, 2.24) is 9.88 Å². The number of methoxy groups -OCH3 is 1. The van der Waals surface area contributed by atoms with Crippen molar-refractivity contribution < 1.29 is 31.5 Å². The number of carbonyl (C=O) groups excluding carboxylic acids is 1. The van der Waals surface area contributed by atoms with Gasteiger partial charge in [0.25, 0.3) is 0 Å². The fourth-order valence-electron chi connectivity index (χ4n) is 5.15. The highest BCUT2D eigenvalue weighted by molar-refractivity contribution is 7.92. The third-order valence-corrected chi connectivity index (χ3v) is 7.84. The van der Waals surface area contributed by atoms with E-state index in [1.165, 1.54) is 19.2 Å². The number of anilines is 3. The van der Waals surface area contributed by atoms with Gasteiger partial charge in [0.15, 0.2) is 11.5 Å². The molecule has 2 heterocycles. The van der Waals surface area contributed by atoms with Gasteiger partial charge in [0, 0.05) is 55.8 Å². The van der Waals surface area contributed by atoms with Crippen molar-refractivity contribution in [1.29, 1.82) is 0 Å². The molecule has 0 atom stereocenters. The first-order chi connectivity index (χ1) is 21.6. The molecule has 1 aromatic heterocycles. The lowest BCUT2D eigenvalue weighted by atomic mass is 10.0. The Kier molecular flexibility index (Phi) is 9.79. The molecule has 0 unspecified atom stereocenters. The lowest BCUT2D eigenvalue weighted by Gasteiger charge is -2.38. The smallest absolute Gasteiger partial charge is 0.326 e. The van der Waals surface area contributed by atoms with Crippen LogP contribution in [0.15, 0.2) is 85.1 Å². The number of hydrogen-bond acceptors (Lipinski definition) is 7. The minimum atomic E-state index is -3.44. The second kappa shape index (κ2) is 13.9. The summed E-state index contributed by atoms with van der Waals surface area (Å²) in [5.74, 6) is -0.477. The van der Waals surface area contributed by atoms with Gasteiger partial charge in [0.05, 0.1) is 24.7 Å². The lowest BCUT2D eigenvalue weighted by molar-refractivity contribution is 0.199. The number of carbonyl (C=O) groups is 1. The topological polar surface area (TPSA) is 113 Å². The molecule has 0 bridgehead atoms. The molecule has 0 aliphatic carbocycles. The largest absolute Gasteiger partial charge is 0.493 e. The molecular formula is C32H33F2N5O5S. The summed E-state index contributed by atoms with van der Waals surface area (Å²) in [6.45, 7) is 2.08. The van der Waals surface area contributed by atoms with Gasteiger partial charge in [0.2, 0.25) is 15.9 Å². The maximum Gasteiger partial charge on any atom is 0.326 e. The maximum atomic E-state index is 14.3. The predicted molar refractivity (Wildman–Crippen MR) is 168 cm³/mol. The average molecular weight is 638 g/mol. The Morgan fingerprint density at radius 1 is 1.00 bits per heavy atom. The molecule has 0 saturated carbocycles. The number of urea groups is 1. The van der Waals surface area contributed by atoms with Gasteiger partial charge in [-0.05, 0) is 54.8 Å². The Hall–Kier alpha value is -4.75. The third-order valence-electron chi connectivity index (χ3n) is 7.23. The number of rotatable bonds is 10. The van der Waals surface area contributed by atoms with Gasteiger partial charge >= 0.3 is 6.03 Å². The zero-order valence-electron chi connectivity index (χ0n) is 24.7. The number of halogens is 2. The number of ether oxygens (including phenoxy) is 2. The first-order valence-electron chi connectivity index (χ1n) is 14.2. The van der Waals surface area contributed by atoms with Crippen molar-refractivity contribution in [2.24, 2.45) is 0 Å². The molecule has 4 aromatic rings. The molecule has 0 radical (unpaired) electrons. The van der Waals surface area contributed by atoms with E-state index >= 15 is 0 Å². The summed E-state index contributed by atoms with van der Waals surface area (Å²) in [5, 5.41) is 2.60. The van der Waals surface area contributed by atoms with Crippen LogP contribution in [0.4, 0.5) is 30.6 Å². The van der Waals surface area contributed by atoms with Crippen LogP contribution in [-0.2, 0) is 16.6 Å². The number of hydrogen-bond donors (Lipinski definition) is 2. The summed E-state index contributed by atoms with van der Waals surface area (Å²) in [7, 11) is -1.97. The van der Waals surface area contributed by atoms with Gasteiger partial charge in [-0.15, -0.1) is 0 Å². The molecule has 5 rings (SSSR count). The molecule has 1 saturated heterocycles. The van der Waals surface area contributed by atoms with Crippen LogP contribution in [0.3, 0.4) is 0 Å². The van der Waals surface area contributed by atoms with E-state index in [0.29, 0.717) is 48.1 Å². The number of nitrogens with one attached hydrogen (secondary N) is 2. The molecule has 2 amide bonds. The lowest BCUT2D eigenvalue weighted by Crippen LogP contribution is -2.49. The number of amides is 2. The number of nitrogens with zero attached hydrogens (tertiary/aromatic N) is 3. The van der Waals surface area contributed by atoms with E-state index in [9.17, 15) is 22.0 Å². The molecule has 0 spiro atoms. The summed E-state index contributed by atoms with van der Waals surface area (Å²) >= 11 is 0. The highest BCUT2D eigenvalue weighted by Gasteiger charge is 2.30. The highest BCUT2D eigenvalue weighted by atomic mass is 32.2. The summed E-state index contributed by atoms with van der Waals surface area (Å²) < 4.78 is 64.4. The van der Waals surface area contributed by atoms with Crippen molar-refractivity contribution in [3.8, 4) is 17.4 Å². The van der Waals surface area contributed by atoms with Crippen LogP contribution in [0.25, 0.3) is 0 Å². The van der Waals surface area contributed by atoms with E-state index in [-0.39, 0.29) is 11.7 Å². The van der Waals surface area contributed by atoms with Crippen LogP contribution in [0.2, 0.25) is 0 Å². The van der Waals surface area contributed by atoms with Crippen molar-refractivity contribution >= 4 is 33.1 Å². The number of likely N-dealkylation sites (tertiary alicyclic amines) is 1. The standard InChI is InChI=1S/C32H33F2N5O5S/c1-43-30-19-24(37-45(2,41)42)10-12-29(30)44-31-13-8-22(20-35-31)21-38-16-14-26(15-17-38)39(25-6-4-3-5-7-25)32(40)36-28-11-9-23(33)18-27(28)34/h3-13,18-20,26,37H,14-17,21H2,1-2H3,(H,36,40). The minimum absolute atomic E-state index is 0.0842. The van der Waals surface area contributed by atoms with Crippen LogP contribution in [0.5, 0.6) is 17.4 Å². The molecule has 1 aliphatic rings. The molecule has 1 fully saturated rings. The van der Waals surface area contributed by atoms with Gasteiger partial charge in [-0.2, -0.15) is 0 Å². The first-order valence-corrected chi connectivity index (χ1v) is 16.1. The average Bonchev–Trinajstić information content (AvgIpc) is 3.01. The number of pyridine rings is 1. The Bertz CT molecular complexity index is 1740. The second-order valence-electron chi connectivity index (χ2n) is 10.6. The molecule has 45 heavy (non-hydrogen) atoms. The number of para-hydroxylation sites is 1. The van der Waals surface area contributed by atoms with Crippen molar-refractivity contribution in [3.63, 3.8) is 0 Å². The fraction of sp³-hybridized carbons (Fsp3) is 0.250. The zero-order valence-corrected chi connectivity index (χ0v) is 25.6.